The number of carbonyl (C=O) groups is 1. The highest BCUT2D eigenvalue weighted by Crippen LogP contribution is 2.39. The molecule has 3 nitrogen and oxygen atoms in total. The van der Waals surface area contributed by atoms with Crippen LogP contribution in [0.25, 0.3) is 0 Å². The minimum atomic E-state index is -1.40. The first-order chi connectivity index (χ1) is 7.19. The van der Waals surface area contributed by atoms with Crippen LogP contribution in [-0.4, -0.2) is 16.2 Å². The molecule has 0 aliphatic rings. The summed E-state index contributed by atoms with van der Waals surface area (Å²) in [5.74, 6) is -1.02. The third kappa shape index (κ3) is 1.95. The monoisotopic (exact) mass is 222 g/mol. The molecule has 1 aromatic carbocycles. The van der Waals surface area contributed by atoms with Gasteiger partial charge in [0, 0.05) is 0 Å². The Bertz CT molecular complexity index is 388. The van der Waals surface area contributed by atoms with Crippen molar-refractivity contribution in [2.45, 2.75) is 33.3 Å². The number of hydrogen-bond acceptors (Lipinski definition) is 2. The van der Waals surface area contributed by atoms with E-state index in [4.69, 9.17) is 5.11 Å². The van der Waals surface area contributed by atoms with Crippen LogP contribution in [0.1, 0.15) is 31.9 Å². The zero-order chi connectivity index (χ0) is 12.6. The smallest absolute Gasteiger partial charge is 0.312 e. The van der Waals surface area contributed by atoms with Gasteiger partial charge in [-0.2, -0.15) is 0 Å². The molecule has 16 heavy (non-hydrogen) atoms. The Morgan fingerprint density at radius 3 is 1.94 bits per heavy atom. The van der Waals surface area contributed by atoms with Crippen LogP contribution in [-0.2, 0) is 10.4 Å². The molecule has 1 atom stereocenters. The van der Waals surface area contributed by atoms with E-state index in [1.54, 1.807) is 12.1 Å². The summed E-state index contributed by atoms with van der Waals surface area (Å²) in [7, 11) is 0. The summed E-state index contributed by atoms with van der Waals surface area (Å²) >= 11 is 0. The van der Waals surface area contributed by atoms with Crippen molar-refractivity contribution in [1.29, 1.82) is 0 Å². The normalized spacial score (nSPS) is 15.6. The summed E-state index contributed by atoms with van der Waals surface area (Å²) < 4.78 is 0. The van der Waals surface area contributed by atoms with Crippen LogP contribution in [0, 0.1) is 12.3 Å². The van der Waals surface area contributed by atoms with Gasteiger partial charge in [-0.25, -0.2) is 0 Å². The second-order valence-corrected chi connectivity index (χ2v) is 4.87. The molecule has 0 aromatic heterocycles. The fraction of sp³-hybridized carbons (Fsp3) is 0.462. The van der Waals surface area contributed by atoms with Gasteiger partial charge in [0.05, 0.1) is 5.41 Å². The highest BCUT2D eigenvalue weighted by Gasteiger charge is 2.46. The van der Waals surface area contributed by atoms with Gasteiger partial charge in [0.2, 0.25) is 0 Å². The minimum Gasteiger partial charge on any atom is -0.481 e. The topological polar surface area (TPSA) is 57.5 Å². The third-order valence-corrected chi connectivity index (χ3v) is 3.37. The highest BCUT2D eigenvalue weighted by atomic mass is 16.4. The van der Waals surface area contributed by atoms with Gasteiger partial charge in [0.1, 0.15) is 5.60 Å². The predicted molar refractivity (Wildman–Crippen MR) is 62.2 cm³/mol. The summed E-state index contributed by atoms with van der Waals surface area (Å²) in [6.07, 6.45) is 0. The van der Waals surface area contributed by atoms with E-state index < -0.39 is 17.0 Å². The van der Waals surface area contributed by atoms with Crippen molar-refractivity contribution in [3.63, 3.8) is 0 Å². The first-order valence-corrected chi connectivity index (χ1v) is 5.22. The molecule has 1 rings (SSSR count). The summed E-state index contributed by atoms with van der Waals surface area (Å²) in [5.41, 5.74) is -0.937. The average molecular weight is 222 g/mol. The number of hydrogen-bond donors (Lipinski definition) is 2. The lowest BCUT2D eigenvalue weighted by atomic mass is 9.72. The number of aliphatic hydroxyl groups is 1. The van der Waals surface area contributed by atoms with Gasteiger partial charge in [-0.1, -0.05) is 29.8 Å². The number of benzene rings is 1. The quantitative estimate of drug-likeness (QED) is 0.825. The zero-order valence-electron chi connectivity index (χ0n) is 10.1. The molecular formula is C13H18O3. The maximum atomic E-state index is 11.1. The maximum absolute atomic E-state index is 11.1. The predicted octanol–water partition coefficient (Wildman–Crippen LogP) is 2.31. The van der Waals surface area contributed by atoms with E-state index in [9.17, 15) is 9.90 Å². The molecule has 0 bridgehead atoms. The summed E-state index contributed by atoms with van der Waals surface area (Å²) in [6.45, 7) is 6.52. The molecule has 0 aliphatic heterocycles. The van der Waals surface area contributed by atoms with Gasteiger partial charge < -0.3 is 10.2 Å². The number of aryl methyl sites for hydroxylation is 1. The number of rotatable bonds is 3. The van der Waals surface area contributed by atoms with Crippen LogP contribution < -0.4 is 0 Å². The Balaban J connectivity index is 3.20. The van der Waals surface area contributed by atoms with Crippen LogP contribution in [0.2, 0.25) is 0 Å². The average Bonchev–Trinajstić information content (AvgIpc) is 2.17. The Morgan fingerprint density at radius 2 is 1.56 bits per heavy atom. The molecule has 3 heteroatoms. The van der Waals surface area contributed by atoms with Crippen LogP contribution in [0.15, 0.2) is 24.3 Å². The molecule has 1 unspecified atom stereocenters. The van der Waals surface area contributed by atoms with Crippen molar-refractivity contribution in [1.82, 2.24) is 0 Å². The molecule has 1 aromatic rings. The first kappa shape index (κ1) is 12.7. The molecule has 0 saturated heterocycles. The molecule has 0 spiro atoms. The zero-order valence-corrected chi connectivity index (χ0v) is 10.1. The maximum Gasteiger partial charge on any atom is 0.312 e. The molecule has 0 heterocycles. The van der Waals surface area contributed by atoms with Crippen molar-refractivity contribution in [2.75, 3.05) is 0 Å². The Morgan fingerprint density at radius 1 is 1.12 bits per heavy atom. The molecule has 0 aliphatic carbocycles. The van der Waals surface area contributed by atoms with Crippen molar-refractivity contribution < 1.29 is 15.0 Å². The molecule has 0 saturated carbocycles. The lowest BCUT2D eigenvalue weighted by Crippen LogP contribution is -2.44. The lowest BCUT2D eigenvalue weighted by Gasteiger charge is -2.37. The molecule has 2 N–H and O–H groups in total. The van der Waals surface area contributed by atoms with E-state index in [0.717, 1.165) is 5.56 Å². The lowest BCUT2D eigenvalue weighted by molar-refractivity contribution is -0.164. The molecule has 0 radical (unpaired) electrons. The van der Waals surface area contributed by atoms with E-state index in [1.165, 1.54) is 20.8 Å². The van der Waals surface area contributed by atoms with Crippen LogP contribution in [0.3, 0.4) is 0 Å². The van der Waals surface area contributed by atoms with Gasteiger partial charge in [-0.05, 0) is 33.3 Å². The van der Waals surface area contributed by atoms with Gasteiger partial charge in [-0.3, -0.25) is 4.79 Å². The van der Waals surface area contributed by atoms with Gasteiger partial charge in [-0.15, -0.1) is 0 Å². The van der Waals surface area contributed by atoms with Gasteiger partial charge in [0.25, 0.3) is 0 Å². The minimum absolute atomic E-state index is 0.616. The van der Waals surface area contributed by atoms with Crippen molar-refractivity contribution in [3.8, 4) is 0 Å². The van der Waals surface area contributed by atoms with Crippen LogP contribution in [0.4, 0.5) is 0 Å². The van der Waals surface area contributed by atoms with Crippen molar-refractivity contribution in [3.05, 3.63) is 35.4 Å². The third-order valence-electron chi connectivity index (χ3n) is 3.37. The number of aliphatic carboxylic acids is 1. The SMILES string of the molecule is Cc1ccc(C(C)(O)C(C)(C)C(=O)O)cc1. The van der Waals surface area contributed by atoms with E-state index in [1.807, 2.05) is 19.1 Å². The van der Waals surface area contributed by atoms with Crippen LogP contribution in [0.5, 0.6) is 0 Å². The molecular weight excluding hydrogens is 204 g/mol. The number of carboxylic acid groups (broad SMARTS) is 1. The van der Waals surface area contributed by atoms with E-state index in [2.05, 4.69) is 0 Å². The highest BCUT2D eigenvalue weighted by molar-refractivity contribution is 5.75. The van der Waals surface area contributed by atoms with E-state index in [-0.39, 0.29) is 0 Å². The van der Waals surface area contributed by atoms with Crippen molar-refractivity contribution >= 4 is 5.97 Å². The fourth-order valence-electron chi connectivity index (χ4n) is 1.45. The van der Waals surface area contributed by atoms with Gasteiger partial charge in [0.15, 0.2) is 0 Å². The Hall–Kier alpha value is -1.35. The Labute approximate surface area is 95.7 Å². The van der Waals surface area contributed by atoms with Gasteiger partial charge >= 0.3 is 5.97 Å². The van der Waals surface area contributed by atoms with Crippen molar-refractivity contribution in [2.24, 2.45) is 5.41 Å². The van der Waals surface area contributed by atoms with E-state index in [0.29, 0.717) is 5.56 Å². The van der Waals surface area contributed by atoms with Crippen LogP contribution >= 0.6 is 0 Å². The summed E-state index contributed by atoms with van der Waals surface area (Å²) in [4.78, 5) is 11.1. The standard InChI is InChI=1S/C13H18O3/c1-9-5-7-10(8-6-9)13(4,16)12(2,3)11(14)15/h5-8,16H,1-4H3,(H,14,15). The molecule has 0 fully saturated rings. The van der Waals surface area contributed by atoms with E-state index >= 15 is 0 Å². The summed E-state index contributed by atoms with van der Waals surface area (Å²) in [6, 6.07) is 7.25. The number of carboxylic acids is 1. The molecule has 0 amide bonds. The summed E-state index contributed by atoms with van der Waals surface area (Å²) in [5, 5.41) is 19.5. The first-order valence-electron chi connectivity index (χ1n) is 5.22. The molecule has 88 valence electrons. The second-order valence-electron chi connectivity index (χ2n) is 4.87. The Kier molecular flexibility index (Phi) is 3.10. The fourth-order valence-corrected chi connectivity index (χ4v) is 1.45. The second kappa shape index (κ2) is 3.91. The largest absolute Gasteiger partial charge is 0.481 e.